The standard InChI is InChI=1S/C32H24ClF3N8O/c1-19-9-28(33)27(31(45)41-23-11-22(32(34,35)36)12-26(13-23)43-16-20(2)38-18-43)10-21(19)6-7-25-15-37-30-29(5-4-8-44(25)30)40-24-14-39-42(3)17-24/h4-5,8-18,40H,1-3H3,(H,41,45). The Bertz CT molecular complexity index is 2150. The zero-order valence-electron chi connectivity index (χ0n) is 24.1. The Hall–Kier alpha value is -5.54. The van der Waals surface area contributed by atoms with E-state index in [1.807, 2.05) is 36.0 Å². The number of benzene rings is 2. The first-order valence-corrected chi connectivity index (χ1v) is 13.9. The molecule has 4 heterocycles. The maximum absolute atomic E-state index is 13.7. The first kappa shape index (κ1) is 29.5. The van der Waals surface area contributed by atoms with E-state index < -0.39 is 17.6 Å². The smallest absolute Gasteiger partial charge is 0.350 e. The summed E-state index contributed by atoms with van der Waals surface area (Å²) in [6, 6.07) is 10.2. The van der Waals surface area contributed by atoms with Gasteiger partial charge in [0.2, 0.25) is 0 Å². The van der Waals surface area contributed by atoms with Crippen molar-refractivity contribution < 1.29 is 18.0 Å². The molecule has 0 aliphatic rings. The average molecular weight is 629 g/mol. The first-order chi connectivity index (χ1) is 21.4. The fourth-order valence-electron chi connectivity index (χ4n) is 4.71. The molecule has 0 spiro atoms. The van der Waals surface area contributed by atoms with Crippen LogP contribution in [-0.2, 0) is 13.2 Å². The Labute approximate surface area is 260 Å². The number of nitrogens with zero attached hydrogens (tertiary/aromatic N) is 6. The molecule has 0 fully saturated rings. The fraction of sp³-hybridized carbons (Fsp3) is 0.125. The van der Waals surface area contributed by atoms with Gasteiger partial charge < -0.3 is 15.2 Å². The number of nitrogens with one attached hydrogen (secondary N) is 2. The number of pyridine rings is 1. The second-order valence-corrected chi connectivity index (χ2v) is 10.7. The SMILES string of the molecule is Cc1cn(-c2cc(NC(=O)c3cc(C#Cc4cnc5c(Nc6cnn(C)c6)cccn45)c(C)cc3Cl)cc(C(F)(F)F)c2)cn1. The second kappa shape index (κ2) is 11.5. The molecule has 13 heteroatoms. The molecule has 0 atom stereocenters. The summed E-state index contributed by atoms with van der Waals surface area (Å²) in [7, 11) is 1.83. The Morgan fingerprint density at radius 3 is 2.53 bits per heavy atom. The number of aromatic nitrogens is 6. The lowest BCUT2D eigenvalue weighted by Gasteiger charge is -2.14. The Kier molecular flexibility index (Phi) is 7.56. The van der Waals surface area contributed by atoms with E-state index in [2.05, 4.69) is 37.5 Å². The molecular weight excluding hydrogens is 605 g/mol. The van der Waals surface area contributed by atoms with Crippen LogP contribution in [-0.4, -0.2) is 34.6 Å². The summed E-state index contributed by atoms with van der Waals surface area (Å²) in [5, 5.41) is 10.2. The van der Waals surface area contributed by atoms with Crippen molar-refractivity contribution in [1.29, 1.82) is 0 Å². The molecule has 0 bridgehead atoms. The van der Waals surface area contributed by atoms with Crippen LogP contribution in [0.2, 0.25) is 5.02 Å². The number of fused-ring (bicyclic) bond motifs is 1. The van der Waals surface area contributed by atoms with E-state index in [1.165, 1.54) is 23.0 Å². The van der Waals surface area contributed by atoms with Gasteiger partial charge in [-0.15, -0.1) is 0 Å². The van der Waals surface area contributed by atoms with Crippen LogP contribution in [0.25, 0.3) is 11.3 Å². The van der Waals surface area contributed by atoms with Gasteiger partial charge in [0.1, 0.15) is 5.69 Å². The van der Waals surface area contributed by atoms with E-state index in [-0.39, 0.29) is 22.0 Å². The molecule has 0 unspecified atom stereocenters. The summed E-state index contributed by atoms with van der Waals surface area (Å²) in [6.07, 6.45) is 5.38. The normalized spacial score (nSPS) is 11.4. The number of anilines is 3. The molecule has 2 aromatic carbocycles. The predicted octanol–water partition coefficient (Wildman–Crippen LogP) is 6.94. The highest BCUT2D eigenvalue weighted by molar-refractivity contribution is 6.34. The maximum Gasteiger partial charge on any atom is 0.416 e. The molecule has 226 valence electrons. The van der Waals surface area contributed by atoms with Gasteiger partial charge in [-0.05, 0) is 67.8 Å². The van der Waals surface area contributed by atoms with Crippen molar-refractivity contribution in [2.24, 2.45) is 7.05 Å². The highest BCUT2D eigenvalue weighted by Gasteiger charge is 2.31. The monoisotopic (exact) mass is 628 g/mol. The van der Waals surface area contributed by atoms with Gasteiger partial charge in [0.05, 0.1) is 51.9 Å². The second-order valence-electron chi connectivity index (χ2n) is 10.3. The molecule has 9 nitrogen and oxygen atoms in total. The molecule has 0 radical (unpaired) electrons. The van der Waals surface area contributed by atoms with Crippen molar-refractivity contribution in [3.63, 3.8) is 0 Å². The molecule has 1 amide bonds. The minimum Gasteiger partial charge on any atom is -0.350 e. The van der Waals surface area contributed by atoms with E-state index >= 15 is 0 Å². The number of aryl methyl sites for hydroxylation is 3. The van der Waals surface area contributed by atoms with Crippen molar-refractivity contribution in [2.45, 2.75) is 20.0 Å². The number of halogens is 4. The van der Waals surface area contributed by atoms with Crippen molar-refractivity contribution >= 4 is 40.2 Å². The highest BCUT2D eigenvalue weighted by atomic mass is 35.5. The van der Waals surface area contributed by atoms with Crippen molar-refractivity contribution in [3.05, 3.63) is 118 Å². The molecule has 0 saturated carbocycles. The molecule has 2 N–H and O–H groups in total. The zero-order valence-corrected chi connectivity index (χ0v) is 24.9. The Balaban J connectivity index is 1.30. The van der Waals surface area contributed by atoms with Crippen LogP contribution < -0.4 is 10.6 Å². The molecule has 0 aliphatic heterocycles. The summed E-state index contributed by atoms with van der Waals surface area (Å²) in [6.45, 7) is 3.52. The summed E-state index contributed by atoms with van der Waals surface area (Å²) in [5.41, 5.74) is 3.97. The van der Waals surface area contributed by atoms with Gasteiger partial charge in [-0.25, -0.2) is 9.97 Å². The average Bonchev–Trinajstić information content (AvgIpc) is 3.72. The molecule has 6 aromatic rings. The number of carbonyl (C=O) groups excluding carboxylic acids is 1. The van der Waals surface area contributed by atoms with Crippen LogP contribution in [0.15, 0.2) is 79.8 Å². The van der Waals surface area contributed by atoms with Crippen molar-refractivity contribution in [3.8, 4) is 17.5 Å². The van der Waals surface area contributed by atoms with Gasteiger partial charge in [0.25, 0.3) is 5.91 Å². The van der Waals surface area contributed by atoms with Gasteiger partial charge in [-0.2, -0.15) is 18.3 Å². The third-order valence-corrected chi connectivity index (χ3v) is 7.23. The minimum absolute atomic E-state index is 0.0538. The lowest BCUT2D eigenvalue weighted by atomic mass is 10.0. The quantitative estimate of drug-likeness (QED) is 0.202. The topological polar surface area (TPSA) is 94.1 Å². The number of carbonyl (C=O) groups is 1. The predicted molar refractivity (Wildman–Crippen MR) is 165 cm³/mol. The number of hydrogen-bond donors (Lipinski definition) is 2. The van der Waals surface area contributed by atoms with Crippen LogP contribution in [0.4, 0.5) is 30.2 Å². The number of imidazole rings is 2. The van der Waals surface area contributed by atoms with E-state index in [4.69, 9.17) is 11.6 Å². The molecule has 45 heavy (non-hydrogen) atoms. The lowest BCUT2D eigenvalue weighted by molar-refractivity contribution is -0.137. The van der Waals surface area contributed by atoms with Gasteiger partial charge in [-0.3, -0.25) is 13.9 Å². The van der Waals surface area contributed by atoms with Gasteiger partial charge in [0, 0.05) is 42.6 Å². The van der Waals surface area contributed by atoms with Crippen molar-refractivity contribution in [2.75, 3.05) is 10.6 Å². The summed E-state index contributed by atoms with van der Waals surface area (Å²) in [5.74, 6) is 5.51. The van der Waals surface area contributed by atoms with Crippen LogP contribution in [0.3, 0.4) is 0 Å². The molecule has 0 saturated heterocycles. The van der Waals surface area contributed by atoms with Crippen molar-refractivity contribution in [1.82, 2.24) is 28.7 Å². The number of alkyl halides is 3. The molecule has 0 aliphatic carbocycles. The van der Waals surface area contributed by atoms with E-state index in [9.17, 15) is 18.0 Å². The Morgan fingerprint density at radius 2 is 1.82 bits per heavy atom. The van der Waals surface area contributed by atoms with Gasteiger partial charge in [-0.1, -0.05) is 17.5 Å². The Morgan fingerprint density at radius 1 is 1.00 bits per heavy atom. The third-order valence-electron chi connectivity index (χ3n) is 6.92. The van der Waals surface area contributed by atoms with E-state index in [1.54, 1.807) is 43.2 Å². The lowest BCUT2D eigenvalue weighted by Crippen LogP contribution is -2.15. The van der Waals surface area contributed by atoms with Crippen LogP contribution in [0.5, 0.6) is 0 Å². The van der Waals surface area contributed by atoms with E-state index in [0.29, 0.717) is 28.2 Å². The summed E-state index contributed by atoms with van der Waals surface area (Å²) in [4.78, 5) is 21.9. The van der Waals surface area contributed by atoms with Gasteiger partial charge >= 0.3 is 6.18 Å². The molecular formula is C32H24ClF3N8O. The molecule has 6 rings (SSSR count). The largest absolute Gasteiger partial charge is 0.416 e. The third kappa shape index (κ3) is 6.25. The van der Waals surface area contributed by atoms with Crippen LogP contribution in [0, 0.1) is 25.7 Å². The van der Waals surface area contributed by atoms with Crippen LogP contribution in [0.1, 0.15) is 38.4 Å². The zero-order chi connectivity index (χ0) is 31.9. The maximum atomic E-state index is 13.7. The summed E-state index contributed by atoms with van der Waals surface area (Å²) >= 11 is 6.43. The number of hydrogen-bond acceptors (Lipinski definition) is 5. The van der Waals surface area contributed by atoms with E-state index in [0.717, 1.165) is 23.5 Å². The van der Waals surface area contributed by atoms with Gasteiger partial charge in [0.15, 0.2) is 5.65 Å². The number of rotatable bonds is 5. The summed E-state index contributed by atoms with van der Waals surface area (Å²) < 4.78 is 46.1. The van der Waals surface area contributed by atoms with Crippen LogP contribution >= 0.6 is 11.6 Å². The fourth-order valence-corrected chi connectivity index (χ4v) is 5.02. The highest BCUT2D eigenvalue weighted by Crippen LogP contribution is 2.33. The first-order valence-electron chi connectivity index (χ1n) is 13.5. The minimum atomic E-state index is -4.64. The number of amides is 1. The molecule has 4 aromatic heterocycles.